The van der Waals surface area contributed by atoms with Gasteiger partial charge >= 0.3 is 11.9 Å². The van der Waals surface area contributed by atoms with Crippen LogP contribution in [-0.4, -0.2) is 40.1 Å². The summed E-state index contributed by atoms with van der Waals surface area (Å²) >= 11 is 0. The molecule has 1 rings (SSSR count). The van der Waals surface area contributed by atoms with Gasteiger partial charge in [0.1, 0.15) is 0 Å². The van der Waals surface area contributed by atoms with Crippen LogP contribution in [-0.2, 0) is 16.1 Å². The summed E-state index contributed by atoms with van der Waals surface area (Å²) in [5.41, 5.74) is 1.40. The van der Waals surface area contributed by atoms with Gasteiger partial charge in [0, 0.05) is 6.54 Å². The van der Waals surface area contributed by atoms with Gasteiger partial charge in [-0.2, -0.15) is 0 Å². The molecule has 1 aromatic rings. The highest BCUT2D eigenvalue weighted by Crippen LogP contribution is 2.02. The van der Waals surface area contributed by atoms with Crippen LogP contribution in [0.3, 0.4) is 0 Å². The van der Waals surface area contributed by atoms with Crippen molar-refractivity contribution in [2.24, 2.45) is 0 Å². The molecule has 18 heavy (non-hydrogen) atoms. The molecule has 1 aromatic carbocycles. The van der Waals surface area contributed by atoms with Crippen molar-refractivity contribution in [1.82, 2.24) is 4.90 Å². The zero-order valence-electron chi connectivity index (χ0n) is 10.7. The summed E-state index contributed by atoms with van der Waals surface area (Å²) in [6.45, 7) is 7.74. The monoisotopic (exact) mass is 253 g/mol. The second-order valence-electron chi connectivity index (χ2n) is 3.56. The van der Waals surface area contributed by atoms with E-state index in [0.29, 0.717) is 0 Å². The number of rotatable bonds is 4. The average Bonchev–Trinajstić information content (AvgIpc) is 2.37. The third kappa shape index (κ3) is 7.40. The van der Waals surface area contributed by atoms with E-state index in [4.69, 9.17) is 19.8 Å². The van der Waals surface area contributed by atoms with E-state index in [0.717, 1.165) is 19.6 Å². The maximum atomic E-state index is 9.10. The minimum absolute atomic E-state index is 1.08. The number of benzene rings is 1. The Hall–Kier alpha value is -1.88. The van der Waals surface area contributed by atoms with Crippen molar-refractivity contribution in [2.45, 2.75) is 20.4 Å². The number of aliphatic carboxylic acids is 2. The topological polar surface area (TPSA) is 77.8 Å². The number of carbonyl (C=O) groups is 2. The van der Waals surface area contributed by atoms with Gasteiger partial charge < -0.3 is 10.2 Å². The fraction of sp³-hybridized carbons (Fsp3) is 0.385. The van der Waals surface area contributed by atoms with Gasteiger partial charge in [0.05, 0.1) is 0 Å². The first kappa shape index (κ1) is 16.1. The van der Waals surface area contributed by atoms with Crippen molar-refractivity contribution in [1.29, 1.82) is 0 Å². The standard InChI is InChI=1S/C11H17N.C2H2O4/c1-3-12(4-2)10-11-8-6-5-7-9-11;3-1(4)2(5)6/h5-9H,3-4,10H2,1-2H3;(H,3,4)(H,5,6). The molecule has 0 aliphatic heterocycles. The quantitative estimate of drug-likeness (QED) is 0.798. The van der Waals surface area contributed by atoms with Crippen LogP contribution in [0.1, 0.15) is 19.4 Å². The fourth-order valence-electron chi connectivity index (χ4n) is 1.29. The summed E-state index contributed by atoms with van der Waals surface area (Å²) < 4.78 is 0. The van der Waals surface area contributed by atoms with Gasteiger partial charge in [0.15, 0.2) is 0 Å². The Morgan fingerprint density at radius 3 is 1.78 bits per heavy atom. The van der Waals surface area contributed by atoms with Crippen LogP contribution < -0.4 is 0 Å². The lowest BCUT2D eigenvalue weighted by Gasteiger charge is -2.17. The third-order valence-electron chi connectivity index (χ3n) is 2.33. The van der Waals surface area contributed by atoms with Crippen LogP contribution >= 0.6 is 0 Å². The Labute approximate surface area is 107 Å². The molecule has 0 aromatic heterocycles. The predicted molar refractivity (Wildman–Crippen MR) is 68.3 cm³/mol. The Morgan fingerprint density at radius 1 is 1.00 bits per heavy atom. The number of nitrogens with zero attached hydrogens (tertiary/aromatic N) is 1. The average molecular weight is 253 g/mol. The molecule has 0 aliphatic carbocycles. The highest BCUT2D eigenvalue weighted by Gasteiger charge is 2.04. The number of hydrogen-bond donors (Lipinski definition) is 2. The molecule has 0 saturated heterocycles. The lowest BCUT2D eigenvalue weighted by atomic mass is 10.2. The molecule has 5 heteroatoms. The molecule has 0 amide bonds. The Morgan fingerprint density at radius 2 is 1.44 bits per heavy atom. The van der Waals surface area contributed by atoms with Crippen LogP contribution in [0.25, 0.3) is 0 Å². The van der Waals surface area contributed by atoms with E-state index in [-0.39, 0.29) is 0 Å². The molecule has 0 unspecified atom stereocenters. The highest BCUT2D eigenvalue weighted by molar-refractivity contribution is 6.27. The maximum Gasteiger partial charge on any atom is 0.414 e. The molecule has 100 valence electrons. The van der Waals surface area contributed by atoms with Crippen LogP contribution in [0.4, 0.5) is 0 Å². The van der Waals surface area contributed by atoms with Gasteiger partial charge in [-0.3, -0.25) is 4.90 Å². The second kappa shape index (κ2) is 9.18. The van der Waals surface area contributed by atoms with Crippen molar-refractivity contribution < 1.29 is 19.8 Å². The van der Waals surface area contributed by atoms with Gasteiger partial charge in [0.25, 0.3) is 0 Å². The minimum atomic E-state index is -1.82. The fourth-order valence-corrected chi connectivity index (χ4v) is 1.29. The van der Waals surface area contributed by atoms with Gasteiger partial charge in [-0.1, -0.05) is 44.2 Å². The molecule has 0 radical (unpaired) electrons. The summed E-state index contributed by atoms with van der Waals surface area (Å²) in [7, 11) is 0. The summed E-state index contributed by atoms with van der Waals surface area (Å²) in [5.74, 6) is -3.65. The van der Waals surface area contributed by atoms with E-state index >= 15 is 0 Å². The highest BCUT2D eigenvalue weighted by atomic mass is 16.4. The van der Waals surface area contributed by atoms with Gasteiger partial charge in [-0.15, -0.1) is 0 Å². The number of hydrogen-bond acceptors (Lipinski definition) is 3. The van der Waals surface area contributed by atoms with E-state index in [2.05, 4.69) is 49.1 Å². The Kier molecular flexibility index (Phi) is 8.22. The molecule has 5 nitrogen and oxygen atoms in total. The zero-order chi connectivity index (χ0) is 14.0. The van der Waals surface area contributed by atoms with Crippen LogP contribution in [0, 0.1) is 0 Å². The van der Waals surface area contributed by atoms with Crippen molar-refractivity contribution in [3.63, 3.8) is 0 Å². The maximum absolute atomic E-state index is 9.10. The summed E-state index contributed by atoms with van der Waals surface area (Å²) in [6, 6.07) is 10.6. The van der Waals surface area contributed by atoms with Crippen molar-refractivity contribution in [3.8, 4) is 0 Å². The summed E-state index contributed by atoms with van der Waals surface area (Å²) in [4.78, 5) is 20.6. The first-order valence-corrected chi connectivity index (χ1v) is 5.73. The third-order valence-corrected chi connectivity index (χ3v) is 2.33. The van der Waals surface area contributed by atoms with E-state index in [1.807, 2.05) is 0 Å². The van der Waals surface area contributed by atoms with Gasteiger partial charge in [-0.25, -0.2) is 9.59 Å². The van der Waals surface area contributed by atoms with Crippen LogP contribution in [0.2, 0.25) is 0 Å². The number of carboxylic acid groups (broad SMARTS) is 2. The molecule has 0 spiro atoms. The molecule has 0 aliphatic rings. The predicted octanol–water partition coefficient (Wildman–Crippen LogP) is 1.68. The number of carboxylic acids is 2. The second-order valence-corrected chi connectivity index (χ2v) is 3.56. The Bertz CT molecular complexity index is 349. The van der Waals surface area contributed by atoms with Crippen LogP contribution in [0.15, 0.2) is 30.3 Å². The first-order valence-electron chi connectivity index (χ1n) is 5.73. The van der Waals surface area contributed by atoms with E-state index < -0.39 is 11.9 Å². The molecule has 0 bridgehead atoms. The van der Waals surface area contributed by atoms with E-state index in [1.54, 1.807) is 0 Å². The molecular formula is C13H19NO4. The lowest BCUT2D eigenvalue weighted by molar-refractivity contribution is -0.159. The van der Waals surface area contributed by atoms with Crippen molar-refractivity contribution >= 4 is 11.9 Å². The summed E-state index contributed by atoms with van der Waals surface area (Å²) in [5, 5.41) is 14.8. The molecule has 0 fully saturated rings. The zero-order valence-corrected chi connectivity index (χ0v) is 10.7. The molecule has 0 atom stereocenters. The normalized spacial score (nSPS) is 9.50. The molecule has 2 N–H and O–H groups in total. The van der Waals surface area contributed by atoms with Crippen molar-refractivity contribution in [3.05, 3.63) is 35.9 Å². The molecular weight excluding hydrogens is 234 g/mol. The molecule has 0 saturated carbocycles. The van der Waals surface area contributed by atoms with Gasteiger partial charge in [-0.05, 0) is 18.7 Å². The first-order chi connectivity index (χ1) is 8.51. The van der Waals surface area contributed by atoms with E-state index in [9.17, 15) is 0 Å². The summed E-state index contributed by atoms with van der Waals surface area (Å²) in [6.07, 6.45) is 0. The van der Waals surface area contributed by atoms with Crippen molar-refractivity contribution in [2.75, 3.05) is 13.1 Å². The molecule has 0 heterocycles. The van der Waals surface area contributed by atoms with Gasteiger partial charge in [0.2, 0.25) is 0 Å². The Balaban J connectivity index is 0.000000411. The van der Waals surface area contributed by atoms with Crippen LogP contribution in [0.5, 0.6) is 0 Å². The lowest BCUT2D eigenvalue weighted by Crippen LogP contribution is -2.21. The smallest absolute Gasteiger partial charge is 0.414 e. The minimum Gasteiger partial charge on any atom is -0.473 e. The SMILES string of the molecule is CCN(CC)Cc1ccccc1.O=C(O)C(=O)O. The van der Waals surface area contributed by atoms with E-state index in [1.165, 1.54) is 5.56 Å². The largest absolute Gasteiger partial charge is 0.473 e.